The number of aliphatic hydroxyl groups excluding tert-OH is 1. The number of aromatic amines is 1. The zero-order valence-corrected chi connectivity index (χ0v) is 8.91. The Morgan fingerprint density at radius 3 is 2.94 bits per heavy atom. The predicted molar refractivity (Wildman–Crippen MR) is 56.5 cm³/mol. The Morgan fingerprint density at radius 1 is 1.59 bits per heavy atom. The topological polar surface area (TPSA) is 101 Å². The van der Waals surface area contributed by atoms with Crippen molar-refractivity contribution in [1.29, 1.82) is 0 Å². The predicted octanol–water partition coefficient (Wildman–Crippen LogP) is -1.37. The quantitative estimate of drug-likeness (QED) is 0.635. The smallest absolute Gasteiger partial charge is 0.330 e. The molecule has 1 aliphatic heterocycles. The molecule has 17 heavy (non-hydrogen) atoms. The summed E-state index contributed by atoms with van der Waals surface area (Å²) < 4.78 is 6.53. The maximum Gasteiger partial charge on any atom is 0.330 e. The standard InChI is InChI=1S/C10H12N2O5/c13-4-6-3-7(5-14)17-9(6)12-2-1-8(15)11-10(12)16/h1-2,4,6-7,9,14H,3,5H2,(H,11,15,16). The number of aromatic nitrogens is 2. The van der Waals surface area contributed by atoms with Gasteiger partial charge in [0.25, 0.3) is 5.56 Å². The van der Waals surface area contributed by atoms with E-state index in [4.69, 9.17) is 9.84 Å². The lowest BCUT2D eigenvalue weighted by atomic mass is 10.1. The van der Waals surface area contributed by atoms with Crippen molar-refractivity contribution in [2.75, 3.05) is 6.61 Å². The second-order valence-corrected chi connectivity index (χ2v) is 3.88. The van der Waals surface area contributed by atoms with Crippen LogP contribution in [-0.4, -0.2) is 33.7 Å². The van der Waals surface area contributed by atoms with Gasteiger partial charge in [-0.15, -0.1) is 0 Å². The third kappa shape index (κ3) is 2.20. The molecule has 1 aromatic rings. The van der Waals surface area contributed by atoms with Crippen molar-refractivity contribution in [3.63, 3.8) is 0 Å². The molecule has 3 atom stereocenters. The summed E-state index contributed by atoms with van der Waals surface area (Å²) in [6.45, 7) is -0.209. The molecule has 1 fully saturated rings. The number of rotatable bonds is 3. The van der Waals surface area contributed by atoms with Gasteiger partial charge in [0, 0.05) is 12.3 Å². The van der Waals surface area contributed by atoms with Gasteiger partial charge < -0.3 is 14.6 Å². The first-order valence-corrected chi connectivity index (χ1v) is 5.19. The van der Waals surface area contributed by atoms with E-state index in [-0.39, 0.29) is 6.61 Å². The van der Waals surface area contributed by atoms with Crippen molar-refractivity contribution in [3.05, 3.63) is 33.1 Å². The molecule has 7 nitrogen and oxygen atoms in total. The molecule has 2 N–H and O–H groups in total. The van der Waals surface area contributed by atoms with Crippen LogP contribution in [-0.2, 0) is 9.53 Å². The van der Waals surface area contributed by atoms with Gasteiger partial charge in [-0.1, -0.05) is 0 Å². The molecule has 7 heteroatoms. The van der Waals surface area contributed by atoms with E-state index in [0.717, 1.165) is 4.57 Å². The van der Waals surface area contributed by atoms with Crippen LogP contribution in [0.1, 0.15) is 12.6 Å². The second kappa shape index (κ2) is 4.64. The summed E-state index contributed by atoms with van der Waals surface area (Å²) in [6.07, 6.45) is 1.10. The Labute approximate surface area is 95.7 Å². The maximum atomic E-state index is 11.5. The zero-order valence-electron chi connectivity index (χ0n) is 8.91. The molecule has 1 aliphatic rings. The fraction of sp³-hybridized carbons (Fsp3) is 0.500. The molecule has 0 aliphatic carbocycles. The number of carbonyl (C=O) groups excluding carboxylic acids is 1. The van der Waals surface area contributed by atoms with Crippen LogP contribution in [0.2, 0.25) is 0 Å². The first-order chi connectivity index (χ1) is 8.15. The Morgan fingerprint density at radius 2 is 2.35 bits per heavy atom. The summed E-state index contributed by atoms with van der Waals surface area (Å²) in [5.41, 5.74) is -1.14. The van der Waals surface area contributed by atoms with E-state index in [1.54, 1.807) is 0 Å². The second-order valence-electron chi connectivity index (χ2n) is 3.88. The van der Waals surface area contributed by atoms with Crippen LogP contribution < -0.4 is 11.2 Å². The molecule has 0 amide bonds. The van der Waals surface area contributed by atoms with Gasteiger partial charge in [0.15, 0.2) is 0 Å². The minimum absolute atomic E-state index is 0.209. The Kier molecular flexibility index (Phi) is 3.21. The third-order valence-electron chi connectivity index (χ3n) is 2.74. The van der Waals surface area contributed by atoms with Gasteiger partial charge in [-0.25, -0.2) is 4.79 Å². The molecule has 0 aromatic carbocycles. The van der Waals surface area contributed by atoms with Crippen LogP contribution in [0.25, 0.3) is 0 Å². The van der Waals surface area contributed by atoms with Crippen LogP contribution in [0.3, 0.4) is 0 Å². The lowest BCUT2D eigenvalue weighted by Gasteiger charge is -2.16. The van der Waals surface area contributed by atoms with Crippen LogP contribution in [0.15, 0.2) is 21.9 Å². The highest BCUT2D eigenvalue weighted by molar-refractivity contribution is 5.54. The Bertz CT molecular complexity index is 520. The summed E-state index contributed by atoms with van der Waals surface area (Å²) >= 11 is 0. The van der Waals surface area contributed by atoms with E-state index in [1.807, 2.05) is 0 Å². The average molecular weight is 240 g/mol. The lowest BCUT2D eigenvalue weighted by molar-refractivity contribution is -0.115. The van der Waals surface area contributed by atoms with E-state index >= 15 is 0 Å². The molecule has 3 unspecified atom stereocenters. The number of ether oxygens (including phenoxy) is 1. The van der Waals surface area contributed by atoms with Crippen molar-refractivity contribution in [3.8, 4) is 0 Å². The molecule has 92 valence electrons. The van der Waals surface area contributed by atoms with Crippen LogP contribution in [0.5, 0.6) is 0 Å². The molecule has 2 rings (SSSR count). The van der Waals surface area contributed by atoms with Gasteiger partial charge in [0.05, 0.1) is 18.6 Å². The number of carbonyl (C=O) groups is 1. The number of aliphatic hydroxyl groups is 1. The van der Waals surface area contributed by atoms with E-state index in [1.165, 1.54) is 12.3 Å². The molecular weight excluding hydrogens is 228 g/mol. The van der Waals surface area contributed by atoms with Crippen LogP contribution >= 0.6 is 0 Å². The third-order valence-corrected chi connectivity index (χ3v) is 2.74. The molecule has 0 radical (unpaired) electrons. The number of H-pyrrole nitrogens is 1. The van der Waals surface area contributed by atoms with Gasteiger partial charge >= 0.3 is 5.69 Å². The SMILES string of the molecule is O=CC1CC(CO)OC1n1ccc(=O)[nH]c1=O. The summed E-state index contributed by atoms with van der Waals surface area (Å²) in [5.74, 6) is -0.504. The number of hydrogen-bond donors (Lipinski definition) is 2. The van der Waals surface area contributed by atoms with Gasteiger partial charge in [-0.3, -0.25) is 14.3 Å². The largest absolute Gasteiger partial charge is 0.394 e. The number of nitrogens with zero attached hydrogens (tertiary/aromatic N) is 1. The van der Waals surface area contributed by atoms with Gasteiger partial charge in [0.1, 0.15) is 12.5 Å². The minimum atomic E-state index is -0.769. The zero-order chi connectivity index (χ0) is 12.4. The maximum absolute atomic E-state index is 11.5. The highest BCUT2D eigenvalue weighted by atomic mass is 16.5. The number of hydrogen-bond acceptors (Lipinski definition) is 5. The Balaban J connectivity index is 2.35. The fourth-order valence-corrected chi connectivity index (χ4v) is 1.91. The highest BCUT2D eigenvalue weighted by Gasteiger charge is 2.36. The molecule has 0 spiro atoms. The molecule has 1 aromatic heterocycles. The average Bonchev–Trinajstić information content (AvgIpc) is 2.72. The molecular formula is C10H12N2O5. The van der Waals surface area contributed by atoms with Crippen LogP contribution in [0, 0.1) is 5.92 Å². The van der Waals surface area contributed by atoms with E-state index < -0.39 is 29.5 Å². The van der Waals surface area contributed by atoms with E-state index in [9.17, 15) is 14.4 Å². The van der Waals surface area contributed by atoms with Gasteiger partial charge in [-0.05, 0) is 6.42 Å². The molecule has 0 bridgehead atoms. The molecule has 1 saturated heterocycles. The van der Waals surface area contributed by atoms with Gasteiger partial charge in [-0.2, -0.15) is 0 Å². The first-order valence-electron chi connectivity index (χ1n) is 5.19. The molecule has 2 heterocycles. The number of aldehydes is 1. The van der Waals surface area contributed by atoms with Crippen LogP contribution in [0.4, 0.5) is 0 Å². The monoisotopic (exact) mass is 240 g/mol. The minimum Gasteiger partial charge on any atom is -0.394 e. The molecule has 0 saturated carbocycles. The summed E-state index contributed by atoms with van der Waals surface area (Å²) in [7, 11) is 0. The van der Waals surface area contributed by atoms with Crippen molar-refractivity contribution in [1.82, 2.24) is 9.55 Å². The normalized spacial score (nSPS) is 28.2. The van der Waals surface area contributed by atoms with Gasteiger partial charge in [0.2, 0.25) is 0 Å². The fourth-order valence-electron chi connectivity index (χ4n) is 1.91. The van der Waals surface area contributed by atoms with Crippen molar-refractivity contribution >= 4 is 6.29 Å². The number of nitrogens with one attached hydrogen (secondary N) is 1. The van der Waals surface area contributed by atoms with E-state index in [0.29, 0.717) is 12.7 Å². The van der Waals surface area contributed by atoms with Crippen molar-refractivity contribution in [2.45, 2.75) is 18.8 Å². The lowest BCUT2D eigenvalue weighted by Crippen LogP contribution is -2.33. The summed E-state index contributed by atoms with van der Waals surface area (Å²) in [4.78, 5) is 35.4. The highest BCUT2D eigenvalue weighted by Crippen LogP contribution is 2.31. The van der Waals surface area contributed by atoms with Crippen molar-refractivity contribution < 1.29 is 14.6 Å². The summed E-state index contributed by atoms with van der Waals surface area (Å²) in [6, 6.07) is 1.18. The first kappa shape index (κ1) is 11.7. The summed E-state index contributed by atoms with van der Waals surface area (Å²) in [5, 5.41) is 8.97. The van der Waals surface area contributed by atoms with E-state index in [2.05, 4.69) is 4.98 Å². The Hall–Kier alpha value is -1.73. The van der Waals surface area contributed by atoms with Crippen molar-refractivity contribution in [2.24, 2.45) is 5.92 Å².